The summed E-state index contributed by atoms with van der Waals surface area (Å²) in [4.78, 5) is 33.9. The van der Waals surface area contributed by atoms with Crippen molar-refractivity contribution in [3.63, 3.8) is 0 Å². The number of nitrogens with one attached hydrogen (secondary N) is 1. The topological polar surface area (TPSA) is 133 Å². The number of hydrogen-bond donors (Lipinski definition) is 2. The number of benzene rings is 1. The summed E-state index contributed by atoms with van der Waals surface area (Å²) in [6, 6.07) is 6.30. The molecule has 10 heteroatoms. The minimum atomic E-state index is -3.86. The van der Waals surface area contributed by atoms with Crippen LogP contribution in [0.1, 0.15) is 13.3 Å². The normalized spacial score (nSPS) is 27.5. The molecule has 2 unspecified atom stereocenters. The minimum Gasteiger partial charge on any atom is -0.480 e. The van der Waals surface area contributed by atoms with Gasteiger partial charge >= 0.3 is 5.97 Å². The minimum absolute atomic E-state index is 0.220. The highest BCUT2D eigenvalue weighted by Gasteiger charge is 2.64. The Kier molecular flexibility index (Phi) is 3.71. The van der Waals surface area contributed by atoms with E-state index in [2.05, 4.69) is 5.32 Å². The maximum Gasteiger partial charge on any atom is 0.329 e. The van der Waals surface area contributed by atoms with Gasteiger partial charge in [0.1, 0.15) is 5.37 Å². The fourth-order valence-electron chi connectivity index (χ4n) is 2.73. The summed E-state index contributed by atoms with van der Waals surface area (Å²) >= 11 is 0. The van der Waals surface area contributed by atoms with Crippen LogP contribution >= 0.6 is 0 Å². The third-order valence-corrected chi connectivity index (χ3v) is 6.13. The molecule has 128 valence electrons. The van der Waals surface area contributed by atoms with Gasteiger partial charge in [-0.3, -0.25) is 9.59 Å². The van der Waals surface area contributed by atoms with Gasteiger partial charge in [0.05, 0.1) is 6.42 Å². The maximum absolute atomic E-state index is 11.9. The van der Waals surface area contributed by atoms with Gasteiger partial charge in [0, 0.05) is 6.92 Å². The predicted octanol–water partition coefficient (Wildman–Crippen LogP) is -0.319. The van der Waals surface area contributed by atoms with Crippen molar-refractivity contribution in [1.82, 2.24) is 10.2 Å². The van der Waals surface area contributed by atoms with Crippen LogP contribution in [0.4, 0.5) is 0 Å². The first-order valence-electron chi connectivity index (χ1n) is 7.04. The molecule has 3 heterocycles. The van der Waals surface area contributed by atoms with Gasteiger partial charge in [-0.2, -0.15) is 0 Å². The van der Waals surface area contributed by atoms with E-state index in [4.69, 9.17) is 9.84 Å². The first-order valence-corrected chi connectivity index (χ1v) is 8.65. The first-order chi connectivity index (χ1) is 11.2. The number of β-lactam (4-membered cyclic amide) rings is 1. The van der Waals surface area contributed by atoms with E-state index in [-0.39, 0.29) is 6.42 Å². The number of fused-ring (bicyclic) bond motifs is 2. The molecule has 9 nitrogen and oxygen atoms in total. The van der Waals surface area contributed by atoms with Crippen molar-refractivity contribution in [1.29, 1.82) is 0 Å². The van der Waals surface area contributed by atoms with Gasteiger partial charge in [0.2, 0.25) is 11.8 Å². The summed E-state index contributed by atoms with van der Waals surface area (Å²) < 4.78 is 28.7. The number of aliphatic carboxylic acids is 1. The number of carbonyl (C=O) groups is 3. The first kappa shape index (κ1) is 16.2. The number of sulfone groups is 1. The third kappa shape index (κ3) is 2.58. The Morgan fingerprint density at radius 3 is 2.29 bits per heavy atom. The Morgan fingerprint density at radius 1 is 1.29 bits per heavy atom. The molecule has 0 radical (unpaired) electrons. The lowest BCUT2D eigenvalue weighted by atomic mass is 10.1. The molecule has 0 bridgehead atoms. The zero-order valence-corrected chi connectivity index (χ0v) is 13.3. The largest absolute Gasteiger partial charge is 0.480 e. The lowest BCUT2D eigenvalue weighted by molar-refractivity contribution is -0.156. The van der Waals surface area contributed by atoms with Gasteiger partial charge < -0.3 is 20.1 Å². The van der Waals surface area contributed by atoms with Crippen LogP contribution in [0, 0.1) is 0 Å². The summed E-state index contributed by atoms with van der Waals surface area (Å²) in [7, 11) is -3.86. The highest BCUT2D eigenvalue weighted by atomic mass is 32.2. The number of para-hydroxylation sites is 2. The molecule has 0 aliphatic carbocycles. The molecular formula is C14H14N2O7S. The Morgan fingerprint density at radius 2 is 1.88 bits per heavy atom. The summed E-state index contributed by atoms with van der Waals surface area (Å²) in [5.74, 6) is -0.563. The predicted molar refractivity (Wildman–Crippen MR) is 79.7 cm³/mol. The van der Waals surface area contributed by atoms with E-state index in [1.165, 1.54) is 0 Å². The van der Waals surface area contributed by atoms with Crippen LogP contribution in [0.5, 0.6) is 11.5 Å². The number of carboxylic acid groups (broad SMARTS) is 1. The Bertz CT molecular complexity index is 814. The monoisotopic (exact) mass is 354 g/mol. The van der Waals surface area contributed by atoms with Gasteiger partial charge in [0.25, 0.3) is 0 Å². The molecule has 2 N–H and O–H groups in total. The fourth-order valence-corrected chi connectivity index (χ4v) is 4.94. The zero-order chi connectivity index (χ0) is 17.6. The molecule has 0 saturated carbocycles. The molecular weight excluding hydrogens is 340 g/mol. The smallest absolute Gasteiger partial charge is 0.329 e. The molecule has 1 aromatic carbocycles. The second-order valence-electron chi connectivity index (χ2n) is 5.50. The molecule has 3 aliphatic heterocycles. The van der Waals surface area contributed by atoms with Gasteiger partial charge in [-0.25, -0.2) is 13.2 Å². The van der Waals surface area contributed by atoms with Crippen LogP contribution < -0.4 is 10.1 Å². The molecule has 3 aliphatic rings. The molecule has 0 spiro atoms. The standard InChI is InChI=1S/C8H10N2O6S.C6H4O/c1-3(11)9-7-6(8(13)14)10-4(12)2-5(10)17(7,15)16;1-2-4-6-5(3-1)7-6/h5-7H,2H2,1H3,(H,9,11)(H,13,14);1-4H/t5-,6?,7?;/m1./s1. The molecule has 1 aromatic rings. The summed E-state index contributed by atoms with van der Waals surface area (Å²) in [6.45, 7) is 1.09. The van der Waals surface area contributed by atoms with E-state index < -0.39 is 44.4 Å². The van der Waals surface area contributed by atoms with Crippen molar-refractivity contribution in [2.24, 2.45) is 0 Å². The van der Waals surface area contributed by atoms with Crippen molar-refractivity contribution in [2.75, 3.05) is 0 Å². The quantitative estimate of drug-likeness (QED) is 0.558. The summed E-state index contributed by atoms with van der Waals surface area (Å²) in [6.07, 6.45) is -0.220. The number of carbonyl (C=O) groups excluding carboxylic acids is 2. The number of amides is 2. The van der Waals surface area contributed by atoms with E-state index >= 15 is 0 Å². The van der Waals surface area contributed by atoms with Crippen LogP contribution in [0.25, 0.3) is 0 Å². The van der Waals surface area contributed by atoms with E-state index in [0.29, 0.717) is 0 Å². The fraction of sp³-hybridized carbons (Fsp3) is 0.357. The van der Waals surface area contributed by atoms with Gasteiger partial charge in [-0.05, 0) is 12.1 Å². The molecule has 2 fully saturated rings. The van der Waals surface area contributed by atoms with Crippen LogP contribution in [0.2, 0.25) is 0 Å². The van der Waals surface area contributed by atoms with E-state index in [9.17, 15) is 22.8 Å². The second-order valence-corrected chi connectivity index (χ2v) is 7.73. The van der Waals surface area contributed by atoms with Crippen molar-refractivity contribution in [2.45, 2.75) is 30.1 Å². The number of nitrogens with zero attached hydrogens (tertiary/aromatic N) is 1. The molecule has 2 saturated heterocycles. The number of ether oxygens (including phenoxy) is 1. The highest BCUT2D eigenvalue weighted by molar-refractivity contribution is 7.93. The van der Waals surface area contributed by atoms with Crippen molar-refractivity contribution >= 4 is 27.6 Å². The average molecular weight is 354 g/mol. The van der Waals surface area contributed by atoms with Gasteiger partial charge in [-0.15, -0.1) is 0 Å². The van der Waals surface area contributed by atoms with Crippen molar-refractivity contribution < 1.29 is 32.6 Å². The summed E-state index contributed by atoms with van der Waals surface area (Å²) in [5, 5.41) is 8.36. The molecule has 24 heavy (non-hydrogen) atoms. The van der Waals surface area contributed by atoms with E-state index in [1.54, 1.807) is 0 Å². The lowest BCUT2D eigenvalue weighted by Crippen LogP contribution is -2.57. The highest BCUT2D eigenvalue weighted by Crippen LogP contribution is 2.43. The van der Waals surface area contributed by atoms with Crippen LogP contribution in [0.15, 0.2) is 24.3 Å². The SMILES string of the molecule is CC(=O)NC1C(C(=O)O)N2C(=O)C[C@H]2S1(=O)=O.c1ccc2c(c1)O2. The number of rotatable bonds is 2. The van der Waals surface area contributed by atoms with Crippen molar-refractivity contribution in [3.05, 3.63) is 24.3 Å². The Balaban J connectivity index is 0.000000198. The number of hydrogen-bond acceptors (Lipinski definition) is 6. The molecule has 4 rings (SSSR count). The molecule has 2 amide bonds. The zero-order valence-electron chi connectivity index (χ0n) is 12.5. The van der Waals surface area contributed by atoms with E-state index in [1.807, 2.05) is 24.3 Å². The van der Waals surface area contributed by atoms with Crippen LogP contribution in [0.3, 0.4) is 0 Å². The second kappa shape index (κ2) is 5.48. The van der Waals surface area contributed by atoms with Crippen molar-refractivity contribution in [3.8, 4) is 11.5 Å². The summed E-state index contributed by atoms with van der Waals surface area (Å²) in [5.41, 5.74) is 0. The third-order valence-electron chi connectivity index (χ3n) is 3.89. The molecule has 3 atom stereocenters. The van der Waals surface area contributed by atoms with Crippen LogP contribution in [-0.4, -0.2) is 53.0 Å². The Labute approximate surface area is 137 Å². The molecule has 0 aromatic heterocycles. The van der Waals surface area contributed by atoms with Gasteiger partial charge in [-0.1, -0.05) is 12.1 Å². The number of carboxylic acids is 1. The lowest BCUT2D eigenvalue weighted by Gasteiger charge is -2.34. The average Bonchev–Trinajstić information content (AvgIpc) is 3.24. The van der Waals surface area contributed by atoms with Crippen LogP contribution in [-0.2, 0) is 24.2 Å². The van der Waals surface area contributed by atoms with Gasteiger partial charge in [0.15, 0.2) is 32.8 Å². The maximum atomic E-state index is 11.9. The Hall–Kier alpha value is -2.62. The van der Waals surface area contributed by atoms with E-state index in [0.717, 1.165) is 23.3 Å².